The van der Waals surface area contributed by atoms with Gasteiger partial charge in [-0.1, -0.05) is 13.8 Å². The van der Waals surface area contributed by atoms with Gasteiger partial charge in [0.1, 0.15) is 6.73 Å². The molecule has 0 aromatic heterocycles. The molecule has 0 aliphatic carbocycles. The van der Waals surface area contributed by atoms with Gasteiger partial charge in [-0.05, 0) is 0 Å². The molecule has 1 rings (SSSR count). The van der Waals surface area contributed by atoms with Crippen molar-refractivity contribution in [3.8, 4) is 0 Å². The van der Waals surface area contributed by atoms with Crippen molar-refractivity contribution >= 4 is 18.4 Å². The third-order valence-corrected chi connectivity index (χ3v) is 1.84. The van der Waals surface area contributed by atoms with Crippen molar-refractivity contribution in [1.82, 2.24) is 10.6 Å². The summed E-state index contributed by atoms with van der Waals surface area (Å²) < 4.78 is 4.93. The van der Waals surface area contributed by atoms with Crippen LogP contribution < -0.4 is 10.6 Å². The highest BCUT2D eigenvalue weighted by Crippen LogP contribution is 1.95. The minimum Gasteiger partial charge on any atom is -0.450 e. The Hall–Kier alpha value is -0.320. The van der Waals surface area contributed by atoms with E-state index in [4.69, 9.17) is 4.74 Å². The van der Waals surface area contributed by atoms with Gasteiger partial charge in [-0.2, -0.15) is 0 Å². The van der Waals surface area contributed by atoms with Crippen LogP contribution >= 0.6 is 12.4 Å². The van der Waals surface area contributed by atoms with Crippen LogP contribution in [0.1, 0.15) is 13.8 Å². The van der Waals surface area contributed by atoms with Crippen LogP contribution in [0, 0.1) is 5.92 Å². The molecule has 4 nitrogen and oxygen atoms in total. The topological polar surface area (TPSA) is 50.4 Å². The molecule has 1 fully saturated rings. The van der Waals surface area contributed by atoms with Gasteiger partial charge in [-0.15, -0.1) is 12.4 Å². The van der Waals surface area contributed by atoms with Gasteiger partial charge in [0, 0.05) is 19.1 Å². The number of carbonyl (C=O) groups is 1. The van der Waals surface area contributed by atoms with Crippen LogP contribution in [0.15, 0.2) is 0 Å². The van der Waals surface area contributed by atoms with Gasteiger partial charge in [-0.3, -0.25) is 10.1 Å². The number of nitrogens with one attached hydrogen (secondary N) is 2. The molecule has 0 bridgehead atoms. The third-order valence-electron chi connectivity index (χ3n) is 1.84. The fourth-order valence-electron chi connectivity index (χ4n) is 0.830. The summed E-state index contributed by atoms with van der Waals surface area (Å²) in [6.45, 7) is 5.93. The predicted molar refractivity (Wildman–Crippen MR) is 52.8 cm³/mol. The fraction of sp³-hybridized carbons (Fsp3) is 0.875. The van der Waals surface area contributed by atoms with Gasteiger partial charge in [0.05, 0.1) is 5.92 Å². The first-order chi connectivity index (χ1) is 5.70. The van der Waals surface area contributed by atoms with E-state index in [1.807, 2.05) is 13.8 Å². The van der Waals surface area contributed by atoms with Gasteiger partial charge in [0.2, 0.25) is 0 Å². The summed E-state index contributed by atoms with van der Waals surface area (Å²) in [4.78, 5) is 11.0. The number of hydrogen-bond acceptors (Lipinski definition) is 4. The normalized spacial score (nSPS) is 16.2. The molecular formula is C8H17ClN2O2. The lowest BCUT2D eigenvalue weighted by atomic mass is 10.2. The highest BCUT2D eigenvalue weighted by molar-refractivity contribution is 5.85. The zero-order valence-electron chi connectivity index (χ0n) is 8.00. The SMILES string of the molecule is CC(C)C(=O)OCNC1CNC1.Cl. The molecule has 0 saturated carbocycles. The second-order valence-corrected chi connectivity index (χ2v) is 3.32. The molecule has 0 spiro atoms. The van der Waals surface area contributed by atoms with Gasteiger partial charge in [0.15, 0.2) is 0 Å². The minimum atomic E-state index is -0.144. The monoisotopic (exact) mass is 208 g/mol. The van der Waals surface area contributed by atoms with E-state index in [9.17, 15) is 4.79 Å². The van der Waals surface area contributed by atoms with E-state index in [-0.39, 0.29) is 24.3 Å². The van der Waals surface area contributed by atoms with Gasteiger partial charge in [-0.25, -0.2) is 0 Å². The first-order valence-corrected chi connectivity index (χ1v) is 4.31. The number of rotatable bonds is 4. The van der Waals surface area contributed by atoms with Crippen molar-refractivity contribution in [2.75, 3.05) is 19.8 Å². The van der Waals surface area contributed by atoms with E-state index in [1.165, 1.54) is 0 Å². The first-order valence-electron chi connectivity index (χ1n) is 4.31. The van der Waals surface area contributed by atoms with E-state index in [0.29, 0.717) is 12.8 Å². The lowest BCUT2D eigenvalue weighted by Crippen LogP contribution is -2.55. The first kappa shape index (κ1) is 12.7. The Labute approximate surface area is 84.8 Å². The van der Waals surface area contributed by atoms with Crippen molar-refractivity contribution < 1.29 is 9.53 Å². The zero-order chi connectivity index (χ0) is 8.97. The largest absolute Gasteiger partial charge is 0.450 e. The Balaban J connectivity index is 0.00000144. The van der Waals surface area contributed by atoms with Crippen LogP contribution in [0.2, 0.25) is 0 Å². The molecule has 2 N–H and O–H groups in total. The molecule has 0 aromatic rings. The quantitative estimate of drug-likeness (QED) is 0.509. The van der Waals surface area contributed by atoms with E-state index < -0.39 is 0 Å². The Morgan fingerprint density at radius 1 is 1.62 bits per heavy atom. The summed E-state index contributed by atoms with van der Waals surface area (Å²) in [7, 11) is 0. The second-order valence-electron chi connectivity index (χ2n) is 3.32. The number of halogens is 1. The maximum Gasteiger partial charge on any atom is 0.309 e. The predicted octanol–water partition coefficient (Wildman–Crippen LogP) is 0.126. The molecule has 1 aliphatic rings. The van der Waals surface area contributed by atoms with Crippen molar-refractivity contribution in [3.63, 3.8) is 0 Å². The molecular weight excluding hydrogens is 192 g/mol. The van der Waals surface area contributed by atoms with Crippen LogP contribution in [0.4, 0.5) is 0 Å². The van der Waals surface area contributed by atoms with Crippen molar-refractivity contribution in [1.29, 1.82) is 0 Å². The highest BCUT2D eigenvalue weighted by atomic mass is 35.5. The van der Waals surface area contributed by atoms with Gasteiger partial charge in [0.25, 0.3) is 0 Å². The summed E-state index contributed by atoms with van der Waals surface area (Å²) in [5.74, 6) is -0.180. The number of carbonyl (C=O) groups excluding carboxylic acids is 1. The van der Waals surface area contributed by atoms with Crippen molar-refractivity contribution in [2.24, 2.45) is 5.92 Å². The van der Waals surface area contributed by atoms with Crippen molar-refractivity contribution in [2.45, 2.75) is 19.9 Å². The van der Waals surface area contributed by atoms with Crippen molar-refractivity contribution in [3.05, 3.63) is 0 Å². The van der Waals surface area contributed by atoms with Crippen LogP contribution in [-0.2, 0) is 9.53 Å². The van der Waals surface area contributed by atoms with E-state index in [2.05, 4.69) is 10.6 Å². The molecule has 0 amide bonds. The van der Waals surface area contributed by atoms with Crippen LogP contribution in [0.25, 0.3) is 0 Å². The van der Waals surface area contributed by atoms with E-state index in [0.717, 1.165) is 13.1 Å². The van der Waals surface area contributed by atoms with Crippen LogP contribution in [-0.4, -0.2) is 31.8 Å². The summed E-state index contributed by atoms with van der Waals surface area (Å²) in [5, 5.41) is 6.22. The summed E-state index contributed by atoms with van der Waals surface area (Å²) in [6.07, 6.45) is 0. The number of ether oxygens (including phenoxy) is 1. The standard InChI is InChI=1S/C8H16N2O2.ClH/c1-6(2)8(11)12-5-10-7-3-9-4-7;/h6-7,9-10H,3-5H2,1-2H3;1H. The third kappa shape index (κ3) is 4.45. The van der Waals surface area contributed by atoms with E-state index >= 15 is 0 Å². The molecule has 13 heavy (non-hydrogen) atoms. The maximum absolute atomic E-state index is 11.0. The lowest BCUT2D eigenvalue weighted by Gasteiger charge is -2.27. The van der Waals surface area contributed by atoms with Gasteiger partial charge >= 0.3 is 5.97 Å². The molecule has 1 saturated heterocycles. The lowest BCUT2D eigenvalue weighted by molar-refractivity contribution is -0.148. The summed E-state index contributed by atoms with van der Waals surface area (Å²) in [5.41, 5.74) is 0. The second kappa shape index (κ2) is 6.18. The Morgan fingerprint density at radius 2 is 2.23 bits per heavy atom. The molecule has 0 aromatic carbocycles. The van der Waals surface area contributed by atoms with Crippen LogP contribution in [0.3, 0.4) is 0 Å². The summed E-state index contributed by atoms with van der Waals surface area (Å²) >= 11 is 0. The van der Waals surface area contributed by atoms with E-state index in [1.54, 1.807) is 0 Å². The highest BCUT2D eigenvalue weighted by Gasteiger charge is 2.16. The Morgan fingerprint density at radius 3 is 2.62 bits per heavy atom. The molecule has 0 atom stereocenters. The molecule has 1 heterocycles. The molecule has 0 unspecified atom stereocenters. The average Bonchev–Trinajstić information content (AvgIpc) is 1.93. The average molecular weight is 209 g/mol. The summed E-state index contributed by atoms with van der Waals surface area (Å²) in [6, 6.07) is 0.477. The Kier molecular flexibility index (Phi) is 6.03. The maximum atomic E-state index is 11.0. The minimum absolute atomic E-state index is 0. The molecule has 0 radical (unpaired) electrons. The molecule has 5 heteroatoms. The Bertz CT molecular complexity index is 160. The fourth-order valence-corrected chi connectivity index (χ4v) is 0.830. The number of esters is 1. The molecule has 78 valence electrons. The molecule has 1 aliphatic heterocycles. The van der Waals surface area contributed by atoms with Crippen LogP contribution in [0.5, 0.6) is 0 Å². The van der Waals surface area contributed by atoms with Gasteiger partial charge < -0.3 is 10.1 Å². The number of hydrogen-bond donors (Lipinski definition) is 2. The smallest absolute Gasteiger partial charge is 0.309 e. The zero-order valence-corrected chi connectivity index (χ0v) is 8.82.